The lowest BCUT2D eigenvalue weighted by molar-refractivity contribution is -0.156. The number of ether oxygens (including phenoxy) is 2. The average Bonchev–Trinajstić information content (AvgIpc) is 3.42. The highest BCUT2D eigenvalue weighted by molar-refractivity contribution is 7.09. The first-order chi connectivity index (χ1) is 16.4. The van der Waals surface area contributed by atoms with Crippen molar-refractivity contribution in [2.24, 2.45) is 17.3 Å². The number of aryl methyl sites for hydroxylation is 1. The van der Waals surface area contributed by atoms with Crippen molar-refractivity contribution in [1.82, 2.24) is 10.3 Å². The fraction of sp³-hybridized carbons (Fsp3) is 0.741. The number of cyclic esters (lactones) is 1. The number of carbonyl (C=O) groups excluding carboxylic acids is 2. The number of aliphatic hydroxyl groups excluding tert-OH is 1. The van der Waals surface area contributed by atoms with Gasteiger partial charge in [0, 0.05) is 36.9 Å². The smallest absolute Gasteiger partial charge is 0.309 e. The highest BCUT2D eigenvalue weighted by atomic mass is 32.1. The molecule has 0 amide bonds. The average molecular weight is 507 g/mol. The van der Waals surface area contributed by atoms with Crippen molar-refractivity contribution in [3.8, 4) is 0 Å². The molecule has 3 heterocycles. The summed E-state index contributed by atoms with van der Waals surface area (Å²) in [4.78, 5) is 31.0. The Morgan fingerprint density at radius 2 is 2.00 bits per heavy atom. The Kier molecular flexibility index (Phi) is 9.29. The van der Waals surface area contributed by atoms with Crippen LogP contribution in [0.4, 0.5) is 0 Å². The first kappa shape index (κ1) is 28.0. The Morgan fingerprint density at radius 1 is 1.29 bits per heavy atom. The number of thiazole rings is 1. The molecule has 8 heteroatoms. The van der Waals surface area contributed by atoms with Crippen molar-refractivity contribution in [3.05, 3.63) is 21.7 Å². The molecule has 0 aromatic carbocycles. The standard InChI is InChI=1S/C27H42N2O5S/c1-15-9-8-10-20-21(29-20)12-22(16(2)11-19-14-35-18(4)28-19)34-24(30)13-23(33-7)27(5,6)26(32)17(3)25(15)31/h11,14-15,17,20-23,25,29,31H,8-10,12-13H2,1-7H3/b16-11+/t15-,17+,20+,21-,22-,23-,25-/m0/s1. The minimum Gasteiger partial charge on any atom is -0.458 e. The number of esters is 1. The van der Waals surface area contributed by atoms with Crippen molar-refractivity contribution in [1.29, 1.82) is 0 Å². The largest absolute Gasteiger partial charge is 0.458 e. The molecule has 0 saturated carbocycles. The molecule has 1 aromatic rings. The van der Waals surface area contributed by atoms with Crippen LogP contribution in [0.5, 0.6) is 0 Å². The van der Waals surface area contributed by atoms with E-state index in [-0.39, 0.29) is 30.3 Å². The van der Waals surface area contributed by atoms with Gasteiger partial charge in [0.1, 0.15) is 11.9 Å². The molecular formula is C27H42N2O5S. The third-order valence-corrected chi connectivity index (χ3v) is 8.62. The molecule has 7 atom stereocenters. The lowest BCUT2D eigenvalue weighted by Crippen LogP contribution is -2.46. The van der Waals surface area contributed by atoms with E-state index >= 15 is 0 Å². The number of aliphatic hydroxyl groups is 1. The van der Waals surface area contributed by atoms with Crippen LogP contribution in [-0.4, -0.2) is 59.3 Å². The Labute approximate surface area is 213 Å². The van der Waals surface area contributed by atoms with Gasteiger partial charge in [0.15, 0.2) is 0 Å². The predicted octanol–water partition coefficient (Wildman–Crippen LogP) is 4.31. The molecule has 2 fully saturated rings. The molecule has 7 nitrogen and oxygen atoms in total. The Morgan fingerprint density at radius 3 is 2.63 bits per heavy atom. The number of nitrogens with zero attached hydrogens (tertiary/aromatic N) is 1. The van der Waals surface area contributed by atoms with Crippen molar-refractivity contribution in [2.75, 3.05) is 7.11 Å². The molecular weight excluding hydrogens is 464 g/mol. The summed E-state index contributed by atoms with van der Waals surface area (Å²) < 4.78 is 11.6. The maximum absolute atomic E-state index is 13.4. The summed E-state index contributed by atoms with van der Waals surface area (Å²) in [5.41, 5.74) is 0.871. The molecule has 2 aliphatic rings. The molecule has 0 bridgehead atoms. The summed E-state index contributed by atoms with van der Waals surface area (Å²) in [5.74, 6) is -1.02. The summed E-state index contributed by atoms with van der Waals surface area (Å²) in [7, 11) is 1.51. The van der Waals surface area contributed by atoms with Crippen molar-refractivity contribution < 1.29 is 24.2 Å². The van der Waals surface area contributed by atoms with E-state index < -0.39 is 29.5 Å². The van der Waals surface area contributed by atoms with Crippen molar-refractivity contribution in [3.63, 3.8) is 0 Å². The summed E-state index contributed by atoms with van der Waals surface area (Å²) in [6.07, 6.45) is 3.71. The number of carbonyl (C=O) groups is 2. The van der Waals surface area contributed by atoms with E-state index in [0.717, 1.165) is 35.5 Å². The zero-order chi connectivity index (χ0) is 25.9. The summed E-state index contributed by atoms with van der Waals surface area (Å²) in [5, 5.41) is 17.4. The second-order valence-electron chi connectivity index (χ2n) is 11.0. The number of hydrogen-bond donors (Lipinski definition) is 2. The van der Waals surface area contributed by atoms with Gasteiger partial charge in [0.2, 0.25) is 0 Å². The van der Waals surface area contributed by atoms with Crippen LogP contribution >= 0.6 is 11.3 Å². The van der Waals surface area contributed by atoms with E-state index in [4.69, 9.17) is 9.47 Å². The number of ketones is 1. The lowest BCUT2D eigenvalue weighted by atomic mass is 9.73. The molecule has 196 valence electrons. The van der Waals surface area contributed by atoms with Crippen LogP contribution < -0.4 is 5.32 Å². The van der Waals surface area contributed by atoms with Crippen LogP contribution in [0.25, 0.3) is 6.08 Å². The highest BCUT2D eigenvalue weighted by Crippen LogP contribution is 2.35. The van der Waals surface area contributed by atoms with E-state index in [1.807, 2.05) is 32.2 Å². The SMILES string of the molecule is CO[C@H]1CC(=O)O[C@H](/C(C)=C/c2csc(C)n2)C[C@@H]2N[C@@H]2CCC[C@H](C)[C@H](O)[C@@H](C)C(=O)C1(C)C. The minimum absolute atomic E-state index is 0.0142. The number of methoxy groups -OCH3 is 1. The van der Waals surface area contributed by atoms with Crippen molar-refractivity contribution in [2.45, 2.75) is 104 Å². The number of Topliss-reactive ketones (excluding diaryl/α,β-unsaturated/α-hetero) is 1. The van der Waals surface area contributed by atoms with Gasteiger partial charge in [-0.15, -0.1) is 11.3 Å². The number of hydrogen-bond acceptors (Lipinski definition) is 8. The van der Waals surface area contributed by atoms with Gasteiger partial charge in [-0.2, -0.15) is 0 Å². The van der Waals surface area contributed by atoms with Crippen LogP contribution in [0, 0.1) is 24.2 Å². The Balaban J connectivity index is 1.85. The van der Waals surface area contributed by atoms with E-state index in [9.17, 15) is 14.7 Å². The van der Waals surface area contributed by atoms with Gasteiger partial charge < -0.3 is 19.9 Å². The first-order valence-corrected chi connectivity index (χ1v) is 13.6. The van der Waals surface area contributed by atoms with E-state index in [0.29, 0.717) is 12.5 Å². The molecule has 2 aliphatic heterocycles. The molecule has 2 N–H and O–H groups in total. The molecule has 0 radical (unpaired) electrons. The lowest BCUT2D eigenvalue weighted by Gasteiger charge is -2.36. The van der Waals surface area contributed by atoms with Crippen LogP contribution in [0.2, 0.25) is 0 Å². The molecule has 1 aromatic heterocycles. The quantitative estimate of drug-likeness (QED) is 0.464. The second kappa shape index (κ2) is 11.6. The van der Waals surface area contributed by atoms with Gasteiger partial charge in [-0.3, -0.25) is 9.59 Å². The zero-order valence-electron chi connectivity index (χ0n) is 22.2. The number of nitrogens with one attached hydrogen (secondary N) is 1. The number of rotatable bonds is 3. The maximum Gasteiger partial charge on any atom is 0.309 e. The van der Waals surface area contributed by atoms with E-state index in [1.165, 1.54) is 7.11 Å². The third-order valence-electron chi connectivity index (χ3n) is 7.83. The van der Waals surface area contributed by atoms with Crippen LogP contribution in [0.1, 0.15) is 77.4 Å². The molecule has 3 rings (SSSR count). The summed E-state index contributed by atoms with van der Waals surface area (Å²) in [6, 6.07) is 0.670. The molecule has 2 saturated heterocycles. The van der Waals surface area contributed by atoms with E-state index in [1.54, 1.807) is 32.1 Å². The molecule has 35 heavy (non-hydrogen) atoms. The van der Waals surface area contributed by atoms with Gasteiger partial charge in [-0.1, -0.05) is 34.1 Å². The first-order valence-electron chi connectivity index (χ1n) is 12.7. The monoisotopic (exact) mass is 506 g/mol. The minimum atomic E-state index is -0.952. The van der Waals surface area contributed by atoms with Gasteiger partial charge in [0.25, 0.3) is 0 Å². The van der Waals surface area contributed by atoms with Gasteiger partial charge in [-0.05, 0) is 44.3 Å². The maximum atomic E-state index is 13.4. The fourth-order valence-corrected chi connectivity index (χ4v) is 5.85. The third kappa shape index (κ3) is 7.00. The topological polar surface area (TPSA) is 108 Å². The highest BCUT2D eigenvalue weighted by Gasteiger charge is 2.44. The second-order valence-corrected chi connectivity index (χ2v) is 12.0. The Hall–Kier alpha value is -1.61. The Bertz CT molecular complexity index is 926. The molecule has 0 aliphatic carbocycles. The van der Waals surface area contributed by atoms with Crippen LogP contribution in [0.3, 0.4) is 0 Å². The van der Waals surface area contributed by atoms with E-state index in [2.05, 4.69) is 10.3 Å². The molecule has 0 spiro atoms. The predicted molar refractivity (Wildman–Crippen MR) is 138 cm³/mol. The normalized spacial score (nSPS) is 35.3. The van der Waals surface area contributed by atoms with Crippen LogP contribution in [0.15, 0.2) is 11.0 Å². The number of fused-ring (bicyclic) bond motifs is 1. The van der Waals surface area contributed by atoms with Gasteiger partial charge >= 0.3 is 5.97 Å². The number of aromatic nitrogens is 1. The molecule has 0 unspecified atom stereocenters. The van der Waals surface area contributed by atoms with Gasteiger partial charge in [-0.25, -0.2) is 4.98 Å². The zero-order valence-corrected chi connectivity index (χ0v) is 23.0. The van der Waals surface area contributed by atoms with Crippen LogP contribution in [-0.2, 0) is 19.1 Å². The summed E-state index contributed by atoms with van der Waals surface area (Å²) >= 11 is 1.59. The van der Waals surface area contributed by atoms with Gasteiger partial charge in [0.05, 0.1) is 34.7 Å². The van der Waals surface area contributed by atoms with Crippen molar-refractivity contribution >= 4 is 29.2 Å². The fourth-order valence-electron chi connectivity index (χ4n) is 5.28. The summed E-state index contributed by atoms with van der Waals surface area (Å²) in [6.45, 7) is 11.3.